The van der Waals surface area contributed by atoms with Crippen molar-refractivity contribution < 1.29 is 9.90 Å². The maximum absolute atomic E-state index is 10.4. The van der Waals surface area contributed by atoms with Crippen LogP contribution < -0.4 is 0 Å². The molecule has 1 N–H and O–H groups in total. The largest absolute Gasteiger partial charge is 0.481 e. The van der Waals surface area contributed by atoms with Crippen molar-refractivity contribution in [1.29, 1.82) is 0 Å². The smallest absolute Gasteiger partial charge is 0.303 e. The van der Waals surface area contributed by atoms with Crippen LogP contribution in [0.2, 0.25) is 0 Å². The van der Waals surface area contributed by atoms with E-state index in [1.54, 1.807) is 0 Å². The van der Waals surface area contributed by atoms with Gasteiger partial charge in [0.1, 0.15) is 0 Å². The zero-order chi connectivity index (χ0) is 16.3. The molecule has 0 saturated carbocycles. The van der Waals surface area contributed by atoms with Gasteiger partial charge >= 0.3 is 5.97 Å². The lowest BCUT2D eigenvalue weighted by molar-refractivity contribution is -0.137. The molecule has 0 saturated heterocycles. The summed E-state index contributed by atoms with van der Waals surface area (Å²) < 4.78 is 0. The van der Waals surface area contributed by atoms with E-state index in [2.05, 4.69) is 31.2 Å². The zero-order valence-electron chi connectivity index (χ0n) is 14.6. The molecule has 0 bridgehead atoms. The molecule has 0 aromatic heterocycles. The van der Waals surface area contributed by atoms with Gasteiger partial charge in [-0.15, -0.1) is 0 Å². The van der Waals surface area contributed by atoms with Gasteiger partial charge in [-0.1, -0.05) is 63.3 Å². The van der Waals surface area contributed by atoms with Gasteiger partial charge in [0.05, 0.1) is 0 Å². The molecule has 0 spiro atoms. The Morgan fingerprint density at radius 2 is 1.09 bits per heavy atom. The fourth-order valence-electron chi connectivity index (χ4n) is 2.47. The molecular weight excluding hydrogens is 272 g/mol. The third-order valence-electron chi connectivity index (χ3n) is 3.82. The lowest BCUT2D eigenvalue weighted by Crippen LogP contribution is -1.93. The molecule has 0 aromatic carbocycles. The van der Waals surface area contributed by atoms with E-state index < -0.39 is 5.97 Å². The molecular formula is C20H36O2. The van der Waals surface area contributed by atoms with E-state index in [1.807, 2.05) is 0 Å². The number of unbranched alkanes of at least 4 members (excludes halogenated alkanes) is 10. The van der Waals surface area contributed by atoms with Crippen molar-refractivity contribution in [3.8, 4) is 0 Å². The molecule has 0 aromatic rings. The van der Waals surface area contributed by atoms with Gasteiger partial charge in [0, 0.05) is 6.42 Å². The van der Waals surface area contributed by atoms with Crippen LogP contribution in [-0.2, 0) is 4.79 Å². The highest BCUT2D eigenvalue weighted by atomic mass is 16.4. The van der Waals surface area contributed by atoms with Gasteiger partial charge in [0.15, 0.2) is 0 Å². The monoisotopic (exact) mass is 308 g/mol. The Balaban J connectivity index is 3.11. The minimum absolute atomic E-state index is 0.333. The van der Waals surface area contributed by atoms with Gasteiger partial charge in [-0.25, -0.2) is 0 Å². The van der Waals surface area contributed by atoms with Gasteiger partial charge in [-0.2, -0.15) is 0 Å². The zero-order valence-corrected chi connectivity index (χ0v) is 14.6. The van der Waals surface area contributed by atoms with Crippen LogP contribution in [0.15, 0.2) is 24.3 Å². The van der Waals surface area contributed by atoms with Crippen molar-refractivity contribution in [2.24, 2.45) is 0 Å². The van der Waals surface area contributed by atoms with Crippen molar-refractivity contribution in [1.82, 2.24) is 0 Å². The first-order valence-electron chi connectivity index (χ1n) is 9.29. The van der Waals surface area contributed by atoms with Crippen LogP contribution in [0.4, 0.5) is 0 Å². The van der Waals surface area contributed by atoms with Crippen molar-refractivity contribution in [3.05, 3.63) is 24.3 Å². The summed E-state index contributed by atoms with van der Waals surface area (Å²) in [4.78, 5) is 10.4. The standard InChI is InChI=1S/C20H36O2/c1-2-3-4-5-6-7-8-9-10-11-12-13-14-15-16-17-18-19-20(21)22/h3-4,9-10H,2,5-8,11-19H2,1H3,(H,21,22)/b4-3?,10-9-. The minimum Gasteiger partial charge on any atom is -0.481 e. The van der Waals surface area contributed by atoms with Crippen LogP contribution in [0.3, 0.4) is 0 Å². The first kappa shape index (κ1) is 20.9. The van der Waals surface area contributed by atoms with E-state index in [1.165, 1.54) is 64.2 Å². The number of aliphatic carboxylic acids is 1. The van der Waals surface area contributed by atoms with Gasteiger partial charge in [-0.05, 0) is 51.4 Å². The lowest BCUT2D eigenvalue weighted by atomic mass is 10.1. The summed E-state index contributed by atoms with van der Waals surface area (Å²) in [5.41, 5.74) is 0. The van der Waals surface area contributed by atoms with E-state index in [4.69, 9.17) is 5.11 Å². The molecule has 0 radical (unpaired) electrons. The van der Waals surface area contributed by atoms with Crippen LogP contribution in [0.5, 0.6) is 0 Å². The Morgan fingerprint density at radius 3 is 1.59 bits per heavy atom. The topological polar surface area (TPSA) is 37.3 Å². The molecule has 0 fully saturated rings. The van der Waals surface area contributed by atoms with Crippen LogP contribution in [0.1, 0.15) is 96.8 Å². The molecule has 0 rings (SSSR count). The Bertz CT molecular complexity index is 292. The fourth-order valence-corrected chi connectivity index (χ4v) is 2.47. The molecule has 0 heterocycles. The number of allylic oxidation sites excluding steroid dienone is 4. The lowest BCUT2D eigenvalue weighted by Gasteiger charge is -2.00. The van der Waals surface area contributed by atoms with E-state index in [0.717, 1.165) is 19.3 Å². The first-order valence-corrected chi connectivity index (χ1v) is 9.29. The average molecular weight is 309 g/mol. The summed E-state index contributed by atoms with van der Waals surface area (Å²) in [7, 11) is 0. The summed E-state index contributed by atoms with van der Waals surface area (Å²) in [6.07, 6.45) is 25.3. The predicted octanol–water partition coefficient (Wildman–Crippen LogP) is 6.66. The van der Waals surface area contributed by atoms with Gasteiger partial charge in [0.25, 0.3) is 0 Å². The molecule has 0 atom stereocenters. The van der Waals surface area contributed by atoms with Crippen molar-refractivity contribution in [3.63, 3.8) is 0 Å². The third-order valence-corrected chi connectivity index (χ3v) is 3.82. The van der Waals surface area contributed by atoms with Gasteiger partial charge < -0.3 is 5.11 Å². The summed E-state index contributed by atoms with van der Waals surface area (Å²) in [5, 5.41) is 8.53. The molecule has 22 heavy (non-hydrogen) atoms. The second-order valence-corrected chi connectivity index (χ2v) is 6.04. The molecule has 0 aliphatic carbocycles. The number of carboxylic acids is 1. The van der Waals surface area contributed by atoms with E-state index in [9.17, 15) is 4.79 Å². The number of hydrogen-bond acceptors (Lipinski definition) is 1. The fraction of sp³-hybridized carbons (Fsp3) is 0.750. The molecule has 0 amide bonds. The van der Waals surface area contributed by atoms with Crippen LogP contribution in [-0.4, -0.2) is 11.1 Å². The second kappa shape index (κ2) is 18.0. The third kappa shape index (κ3) is 18.9. The molecule has 0 unspecified atom stereocenters. The molecule has 0 aliphatic rings. The average Bonchev–Trinajstić information content (AvgIpc) is 2.50. The van der Waals surface area contributed by atoms with Crippen molar-refractivity contribution >= 4 is 5.97 Å². The molecule has 128 valence electrons. The SMILES string of the molecule is CCC=CCCCC/C=C\CCCCCCCCCC(=O)O. The minimum atomic E-state index is -0.663. The summed E-state index contributed by atoms with van der Waals surface area (Å²) in [6, 6.07) is 0. The second-order valence-electron chi connectivity index (χ2n) is 6.04. The number of carboxylic acid groups (broad SMARTS) is 1. The summed E-state index contributed by atoms with van der Waals surface area (Å²) in [6.45, 7) is 2.18. The highest BCUT2D eigenvalue weighted by Gasteiger charge is 1.96. The normalized spacial score (nSPS) is 11.7. The van der Waals surface area contributed by atoms with Crippen LogP contribution in [0.25, 0.3) is 0 Å². The first-order chi connectivity index (χ1) is 10.8. The van der Waals surface area contributed by atoms with Crippen LogP contribution in [0, 0.1) is 0 Å². The highest BCUT2D eigenvalue weighted by Crippen LogP contribution is 2.10. The predicted molar refractivity (Wildman–Crippen MR) is 96.2 cm³/mol. The summed E-state index contributed by atoms with van der Waals surface area (Å²) in [5.74, 6) is -0.663. The highest BCUT2D eigenvalue weighted by molar-refractivity contribution is 5.66. The summed E-state index contributed by atoms with van der Waals surface area (Å²) >= 11 is 0. The van der Waals surface area contributed by atoms with E-state index in [-0.39, 0.29) is 0 Å². The number of carbonyl (C=O) groups is 1. The maximum atomic E-state index is 10.4. The van der Waals surface area contributed by atoms with Crippen molar-refractivity contribution in [2.45, 2.75) is 96.8 Å². The molecule has 2 heteroatoms. The number of rotatable bonds is 16. The Labute approximate surface area is 137 Å². The molecule has 2 nitrogen and oxygen atoms in total. The molecule has 0 aliphatic heterocycles. The Morgan fingerprint density at radius 1 is 0.682 bits per heavy atom. The number of hydrogen-bond donors (Lipinski definition) is 1. The Hall–Kier alpha value is -1.05. The van der Waals surface area contributed by atoms with Crippen molar-refractivity contribution in [2.75, 3.05) is 0 Å². The van der Waals surface area contributed by atoms with Gasteiger partial charge in [-0.3, -0.25) is 4.79 Å². The van der Waals surface area contributed by atoms with Crippen LogP contribution >= 0.6 is 0 Å². The van der Waals surface area contributed by atoms with E-state index in [0.29, 0.717) is 6.42 Å². The van der Waals surface area contributed by atoms with Gasteiger partial charge in [0.2, 0.25) is 0 Å². The Kier molecular flexibility index (Phi) is 17.1. The maximum Gasteiger partial charge on any atom is 0.303 e. The quantitative estimate of drug-likeness (QED) is 0.255. The van der Waals surface area contributed by atoms with E-state index >= 15 is 0 Å².